The van der Waals surface area contributed by atoms with E-state index >= 15 is 0 Å². The number of carboxylic acid groups (broad SMARTS) is 1. The number of nitrogens with one attached hydrogen (secondary N) is 1. The van der Waals surface area contributed by atoms with Crippen molar-refractivity contribution in [3.8, 4) is 0 Å². The van der Waals surface area contributed by atoms with Crippen LogP contribution in [0.1, 0.15) is 16.2 Å². The molecule has 0 aromatic carbocycles. The lowest BCUT2D eigenvalue weighted by Crippen LogP contribution is -2.33. The molecule has 0 saturated heterocycles. The minimum atomic E-state index is -1.05. The van der Waals surface area contributed by atoms with Crippen molar-refractivity contribution in [2.45, 2.75) is 13.0 Å². The summed E-state index contributed by atoms with van der Waals surface area (Å²) in [6, 6.07) is 2.94. The normalized spacial score (nSPS) is 10.2. The van der Waals surface area contributed by atoms with Crippen LogP contribution in [-0.2, 0) is 22.6 Å². The fraction of sp³-hybridized carbons (Fsp3) is 0.182. The Balaban J connectivity index is 1.90. The zero-order valence-corrected chi connectivity index (χ0v) is 10.1. The fourth-order valence-electron chi connectivity index (χ4n) is 1.43. The van der Waals surface area contributed by atoms with Gasteiger partial charge in [-0.2, -0.15) is 0 Å². The van der Waals surface area contributed by atoms with E-state index in [0.29, 0.717) is 0 Å². The van der Waals surface area contributed by atoms with E-state index in [1.54, 1.807) is 0 Å². The molecule has 0 spiro atoms. The van der Waals surface area contributed by atoms with Gasteiger partial charge in [-0.25, -0.2) is 4.68 Å². The smallest absolute Gasteiger partial charge is 0.309 e. The Kier molecular flexibility index (Phi) is 3.89. The van der Waals surface area contributed by atoms with Gasteiger partial charge in [-0.1, -0.05) is 5.21 Å². The first-order valence-electron chi connectivity index (χ1n) is 5.53. The van der Waals surface area contributed by atoms with Gasteiger partial charge in [0.2, 0.25) is 5.91 Å². The number of hydrogen-bond acceptors (Lipinski definition) is 6. The molecule has 104 valence electrons. The second-order valence-corrected chi connectivity index (χ2v) is 3.83. The maximum absolute atomic E-state index is 11.6. The Hall–Kier alpha value is -2.97. The van der Waals surface area contributed by atoms with Crippen LogP contribution >= 0.6 is 0 Å². The molecule has 0 unspecified atom stereocenters. The van der Waals surface area contributed by atoms with Crippen molar-refractivity contribution < 1.29 is 23.9 Å². The second kappa shape index (κ2) is 5.78. The lowest BCUT2D eigenvalue weighted by molar-refractivity contribution is -0.136. The summed E-state index contributed by atoms with van der Waals surface area (Å²) in [6.45, 7) is -0.251. The number of rotatable bonds is 5. The number of aliphatic carboxylic acids is 1. The fourth-order valence-corrected chi connectivity index (χ4v) is 1.43. The van der Waals surface area contributed by atoms with Crippen LogP contribution in [0.5, 0.6) is 0 Å². The lowest BCUT2D eigenvalue weighted by Gasteiger charge is -2.01. The van der Waals surface area contributed by atoms with Gasteiger partial charge in [0.1, 0.15) is 6.54 Å². The van der Waals surface area contributed by atoms with E-state index in [1.807, 2.05) is 0 Å². The van der Waals surface area contributed by atoms with E-state index in [4.69, 9.17) is 9.52 Å². The molecule has 2 heterocycles. The summed E-state index contributed by atoms with van der Waals surface area (Å²) in [6.07, 6.45) is 2.35. The van der Waals surface area contributed by atoms with Crippen LogP contribution < -0.4 is 5.32 Å². The van der Waals surface area contributed by atoms with Gasteiger partial charge in [0.15, 0.2) is 5.76 Å². The number of amides is 2. The predicted molar refractivity (Wildman–Crippen MR) is 62.5 cm³/mol. The van der Waals surface area contributed by atoms with Crippen molar-refractivity contribution in [3.63, 3.8) is 0 Å². The molecule has 2 rings (SSSR count). The maximum atomic E-state index is 11.6. The number of hydrogen-bond donors (Lipinski definition) is 2. The number of furan rings is 1. The first kappa shape index (κ1) is 13.5. The summed E-state index contributed by atoms with van der Waals surface area (Å²) in [5.41, 5.74) is 0.225. The van der Waals surface area contributed by atoms with E-state index < -0.39 is 17.8 Å². The highest BCUT2D eigenvalue weighted by molar-refractivity contribution is 6.02. The molecule has 0 aliphatic rings. The summed E-state index contributed by atoms with van der Waals surface area (Å²) >= 11 is 0. The standard InChI is InChI=1S/C11H10N4O5/c16-9(12-11(19)8-2-1-3-20-8)6-15-5-7(13-14-15)4-10(17)18/h1-3,5H,4,6H2,(H,17,18)(H,12,16,19). The average molecular weight is 278 g/mol. The minimum Gasteiger partial charge on any atom is -0.481 e. The molecule has 0 atom stereocenters. The molecule has 9 heteroatoms. The zero-order chi connectivity index (χ0) is 14.5. The van der Waals surface area contributed by atoms with Gasteiger partial charge >= 0.3 is 5.97 Å². The zero-order valence-electron chi connectivity index (χ0n) is 10.1. The van der Waals surface area contributed by atoms with E-state index in [2.05, 4.69) is 15.6 Å². The van der Waals surface area contributed by atoms with Crippen molar-refractivity contribution in [2.24, 2.45) is 0 Å². The van der Waals surface area contributed by atoms with Gasteiger partial charge in [0.05, 0.1) is 18.4 Å². The Morgan fingerprint density at radius 2 is 2.20 bits per heavy atom. The topological polar surface area (TPSA) is 127 Å². The van der Waals surface area contributed by atoms with Crippen molar-refractivity contribution in [1.82, 2.24) is 20.3 Å². The predicted octanol–water partition coefficient (Wildman–Crippen LogP) is -0.545. The molecule has 0 aliphatic carbocycles. The highest BCUT2D eigenvalue weighted by Crippen LogP contribution is 1.99. The third kappa shape index (κ3) is 3.51. The third-order valence-corrected chi connectivity index (χ3v) is 2.22. The monoisotopic (exact) mass is 278 g/mol. The van der Waals surface area contributed by atoms with Crippen LogP contribution in [0.3, 0.4) is 0 Å². The molecule has 9 nitrogen and oxygen atoms in total. The van der Waals surface area contributed by atoms with Gasteiger partial charge in [0, 0.05) is 6.20 Å². The molecule has 2 N–H and O–H groups in total. The summed E-state index contributed by atoms with van der Waals surface area (Å²) < 4.78 is 5.97. The lowest BCUT2D eigenvalue weighted by atomic mass is 10.3. The van der Waals surface area contributed by atoms with E-state index in [0.717, 1.165) is 4.68 Å². The Morgan fingerprint density at radius 3 is 2.85 bits per heavy atom. The molecule has 0 fully saturated rings. The van der Waals surface area contributed by atoms with Crippen LogP contribution in [0.2, 0.25) is 0 Å². The Bertz CT molecular complexity index is 631. The highest BCUT2D eigenvalue weighted by Gasteiger charge is 2.14. The number of aromatic nitrogens is 3. The number of carbonyl (C=O) groups is 3. The van der Waals surface area contributed by atoms with Crippen LogP contribution in [0.25, 0.3) is 0 Å². The van der Waals surface area contributed by atoms with Crippen molar-refractivity contribution in [1.29, 1.82) is 0 Å². The largest absolute Gasteiger partial charge is 0.481 e. The van der Waals surface area contributed by atoms with Crippen molar-refractivity contribution in [2.75, 3.05) is 0 Å². The molecule has 2 amide bonds. The molecule has 20 heavy (non-hydrogen) atoms. The second-order valence-electron chi connectivity index (χ2n) is 3.83. The molecule has 0 radical (unpaired) electrons. The first-order valence-corrected chi connectivity index (χ1v) is 5.53. The SMILES string of the molecule is O=C(O)Cc1cn(CC(=O)NC(=O)c2ccco2)nn1. The first-order chi connectivity index (χ1) is 9.54. The highest BCUT2D eigenvalue weighted by atomic mass is 16.4. The van der Waals surface area contributed by atoms with Crippen LogP contribution in [0, 0.1) is 0 Å². The summed E-state index contributed by atoms with van der Waals surface area (Å²) in [4.78, 5) is 33.5. The Labute approximate surface area is 112 Å². The summed E-state index contributed by atoms with van der Waals surface area (Å²) in [5, 5.41) is 17.8. The van der Waals surface area contributed by atoms with E-state index in [-0.39, 0.29) is 24.4 Å². The van der Waals surface area contributed by atoms with Gasteiger partial charge in [0.25, 0.3) is 5.91 Å². The van der Waals surface area contributed by atoms with Gasteiger partial charge in [-0.3, -0.25) is 19.7 Å². The van der Waals surface area contributed by atoms with E-state index in [9.17, 15) is 14.4 Å². The van der Waals surface area contributed by atoms with Crippen molar-refractivity contribution >= 4 is 17.8 Å². The molecule has 0 saturated carbocycles. The van der Waals surface area contributed by atoms with Crippen LogP contribution in [0.15, 0.2) is 29.0 Å². The minimum absolute atomic E-state index is 0.0171. The Morgan fingerprint density at radius 1 is 1.40 bits per heavy atom. The van der Waals surface area contributed by atoms with Crippen molar-refractivity contribution in [3.05, 3.63) is 36.0 Å². The summed E-state index contributed by atoms with van der Waals surface area (Å²) in [5.74, 6) is -2.30. The molecular formula is C11H10N4O5. The molecule has 2 aromatic heterocycles. The summed E-state index contributed by atoms with van der Waals surface area (Å²) in [7, 11) is 0. The van der Waals surface area contributed by atoms with Gasteiger partial charge in [-0.05, 0) is 12.1 Å². The number of carboxylic acids is 1. The maximum Gasteiger partial charge on any atom is 0.309 e. The number of carbonyl (C=O) groups excluding carboxylic acids is 2. The molecular weight excluding hydrogens is 268 g/mol. The van der Waals surface area contributed by atoms with E-state index in [1.165, 1.54) is 24.6 Å². The third-order valence-electron chi connectivity index (χ3n) is 2.22. The quantitative estimate of drug-likeness (QED) is 0.751. The van der Waals surface area contributed by atoms with Gasteiger partial charge in [-0.15, -0.1) is 5.10 Å². The molecule has 0 bridgehead atoms. The van der Waals surface area contributed by atoms with Crippen LogP contribution in [0.4, 0.5) is 0 Å². The molecule has 0 aliphatic heterocycles. The molecule has 2 aromatic rings. The number of nitrogens with zero attached hydrogens (tertiary/aromatic N) is 3. The van der Waals surface area contributed by atoms with Crippen LogP contribution in [-0.4, -0.2) is 37.9 Å². The average Bonchev–Trinajstić information content (AvgIpc) is 2.99. The number of imide groups is 1. The van der Waals surface area contributed by atoms with Gasteiger partial charge < -0.3 is 9.52 Å².